The molecule has 0 N–H and O–H groups in total. The molecule has 7 heteroatoms. The quantitative estimate of drug-likeness (QED) is 0.142. The standard InChI is InChI=1S/C56H38N6.Zn/c1-7-19-39(20-8-1)53-45-31-35-49(57-45)55(61(41-23-11-3-12-24-41)42-25-13-4-14-26-42)51-37-33-47(59-51)54(40-21-9-2-10-22-40)48-34-38-52(60-48)56(50-36-32-46(53)58-50)62(43-27-15-5-16-28-43)44-29-17-6-18-30-44;/h1-38H;/q-2;+2. The van der Waals surface area contributed by atoms with Gasteiger partial charge >= 0.3 is 19.5 Å². The summed E-state index contributed by atoms with van der Waals surface area (Å²) in [6, 6.07) is 71.0. The van der Waals surface area contributed by atoms with Crippen molar-refractivity contribution in [2.75, 3.05) is 9.80 Å². The summed E-state index contributed by atoms with van der Waals surface area (Å²) in [4.78, 5) is 26.6. The molecule has 9 aromatic rings. The first-order chi connectivity index (χ1) is 30.8. The van der Waals surface area contributed by atoms with E-state index in [1.165, 1.54) is 0 Å². The summed E-state index contributed by atoms with van der Waals surface area (Å²) in [7, 11) is 0. The summed E-state index contributed by atoms with van der Waals surface area (Å²) in [5, 5.41) is 0. The first-order valence-electron chi connectivity index (χ1n) is 20.7. The molecule has 11 rings (SSSR count). The molecule has 0 radical (unpaired) electrons. The van der Waals surface area contributed by atoms with Gasteiger partial charge in [0.25, 0.3) is 0 Å². The Hall–Kier alpha value is -7.86. The van der Waals surface area contributed by atoms with Crippen LogP contribution in [-0.4, -0.2) is 9.97 Å². The number of para-hydroxylation sites is 4. The predicted molar refractivity (Wildman–Crippen MR) is 257 cm³/mol. The first kappa shape index (κ1) is 39.3. The Kier molecular flexibility index (Phi) is 10.8. The van der Waals surface area contributed by atoms with E-state index in [9.17, 15) is 0 Å². The van der Waals surface area contributed by atoms with Crippen molar-refractivity contribution in [1.29, 1.82) is 0 Å². The number of aromatic nitrogens is 4. The molecule has 2 aliphatic heterocycles. The van der Waals surface area contributed by atoms with E-state index in [0.717, 1.165) is 101 Å². The van der Waals surface area contributed by atoms with Crippen molar-refractivity contribution in [2.24, 2.45) is 0 Å². The van der Waals surface area contributed by atoms with E-state index in [1.807, 2.05) is 36.4 Å². The van der Waals surface area contributed by atoms with Crippen LogP contribution in [0.2, 0.25) is 0 Å². The molecule has 0 saturated carbocycles. The second-order valence-corrected chi connectivity index (χ2v) is 15.1. The zero-order valence-electron chi connectivity index (χ0n) is 34.3. The van der Waals surface area contributed by atoms with Crippen LogP contribution in [0, 0.1) is 0 Å². The van der Waals surface area contributed by atoms with Gasteiger partial charge in [0, 0.05) is 22.7 Å². The van der Waals surface area contributed by atoms with Crippen LogP contribution in [0.4, 0.5) is 34.1 Å². The molecule has 0 unspecified atom stereocenters. The molecule has 0 saturated heterocycles. The Bertz CT molecular complexity index is 2970. The van der Waals surface area contributed by atoms with Crippen LogP contribution in [0.25, 0.3) is 68.6 Å². The van der Waals surface area contributed by atoms with Crippen molar-refractivity contribution >= 4 is 80.5 Å². The second kappa shape index (κ2) is 17.3. The summed E-state index contributed by atoms with van der Waals surface area (Å²) < 4.78 is 0. The Labute approximate surface area is 379 Å². The van der Waals surface area contributed by atoms with Gasteiger partial charge in [-0.25, -0.2) is 9.97 Å². The van der Waals surface area contributed by atoms with E-state index in [4.69, 9.17) is 19.9 Å². The fraction of sp³-hybridized carbons (Fsp3) is 0. The Balaban J connectivity index is 0.00000471. The van der Waals surface area contributed by atoms with Gasteiger partial charge in [-0.2, -0.15) is 0 Å². The largest absolute Gasteiger partial charge is 2.00 e. The zero-order valence-corrected chi connectivity index (χ0v) is 37.3. The van der Waals surface area contributed by atoms with Crippen molar-refractivity contribution in [1.82, 2.24) is 19.9 Å². The number of anilines is 6. The van der Waals surface area contributed by atoms with E-state index < -0.39 is 0 Å². The van der Waals surface area contributed by atoms with Crippen molar-refractivity contribution in [2.45, 2.75) is 0 Å². The molecule has 0 spiro atoms. The minimum Gasteiger partial charge on any atom is -0.656 e. The molecule has 3 aromatic heterocycles. The minimum atomic E-state index is 0. The average Bonchev–Trinajstić information content (AvgIpc) is 4.19. The van der Waals surface area contributed by atoms with Crippen molar-refractivity contribution in [3.05, 3.63) is 229 Å². The van der Waals surface area contributed by atoms with E-state index in [-0.39, 0.29) is 19.5 Å². The summed E-state index contributed by atoms with van der Waals surface area (Å²) in [5.41, 5.74) is 15.9. The summed E-state index contributed by atoms with van der Waals surface area (Å²) in [5.74, 6) is 0. The van der Waals surface area contributed by atoms with Gasteiger partial charge in [0.05, 0.1) is 34.2 Å². The normalized spacial score (nSPS) is 11.6. The molecule has 2 aliphatic rings. The van der Waals surface area contributed by atoms with Gasteiger partial charge in [0.1, 0.15) is 0 Å². The second-order valence-electron chi connectivity index (χ2n) is 15.1. The number of hydrogen-bond donors (Lipinski definition) is 0. The van der Waals surface area contributed by atoms with Crippen LogP contribution in [0.15, 0.2) is 206 Å². The van der Waals surface area contributed by atoms with Crippen molar-refractivity contribution in [3.8, 4) is 22.3 Å². The predicted octanol–water partition coefficient (Wildman–Crippen LogP) is 14.2. The molecule has 294 valence electrons. The van der Waals surface area contributed by atoms with Crippen LogP contribution in [0.5, 0.6) is 0 Å². The molecule has 5 heterocycles. The molecule has 0 aliphatic carbocycles. The average molecular weight is 860 g/mol. The molecular formula is C56H38N6Zn. The Morgan fingerprint density at radius 2 is 0.556 bits per heavy atom. The SMILES string of the molecule is C1=Cc2nc1c(-c1ccccc1)c1ccc([n-]1)c(N(c1ccccc1)c1ccccc1)c1nc(c(-c3ccccc3)c3ccc([n-]3)c2N(c2ccccc2)c2ccccc2)C=C1.[Zn+2]. The third-order valence-electron chi connectivity index (χ3n) is 11.2. The smallest absolute Gasteiger partial charge is 0.656 e. The monoisotopic (exact) mass is 858 g/mol. The Morgan fingerprint density at radius 1 is 0.286 bits per heavy atom. The van der Waals surface area contributed by atoms with Crippen LogP contribution >= 0.6 is 0 Å². The molecule has 0 amide bonds. The number of rotatable bonds is 8. The first-order valence-corrected chi connectivity index (χ1v) is 20.7. The van der Waals surface area contributed by atoms with Gasteiger partial charge in [0.15, 0.2) is 0 Å². The zero-order chi connectivity index (χ0) is 41.2. The van der Waals surface area contributed by atoms with E-state index in [1.54, 1.807) is 0 Å². The molecule has 6 aromatic carbocycles. The van der Waals surface area contributed by atoms with Gasteiger partial charge in [-0.1, -0.05) is 158 Å². The maximum atomic E-state index is 5.52. The van der Waals surface area contributed by atoms with Gasteiger partial charge in [-0.15, -0.1) is 22.1 Å². The topological polar surface area (TPSA) is 60.5 Å². The summed E-state index contributed by atoms with van der Waals surface area (Å²) >= 11 is 0. The van der Waals surface area contributed by atoms with Gasteiger partial charge in [0.2, 0.25) is 0 Å². The summed E-state index contributed by atoms with van der Waals surface area (Å²) in [6.07, 6.45) is 8.44. The molecular weight excluding hydrogens is 822 g/mol. The van der Waals surface area contributed by atoms with Crippen LogP contribution in [0.3, 0.4) is 0 Å². The molecule has 8 bridgehead atoms. The maximum absolute atomic E-state index is 5.52. The van der Waals surface area contributed by atoms with E-state index >= 15 is 0 Å². The number of benzene rings is 6. The van der Waals surface area contributed by atoms with Crippen LogP contribution in [-0.2, 0) is 19.5 Å². The molecule has 6 nitrogen and oxygen atoms in total. The summed E-state index contributed by atoms with van der Waals surface area (Å²) in [6.45, 7) is 0. The minimum absolute atomic E-state index is 0. The molecule has 0 atom stereocenters. The van der Waals surface area contributed by atoms with Gasteiger partial charge in [-0.3, -0.25) is 0 Å². The number of hydrogen-bond acceptors (Lipinski definition) is 4. The number of nitrogens with zero attached hydrogens (tertiary/aromatic N) is 6. The van der Waals surface area contributed by atoms with Crippen molar-refractivity contribution < 1.29 is 19.5 Å². The molecule has 63 heavy (non-hydrogen) atoms. The van der Waals surface area contributed by atoms with E-state index in [0.29, 0.717) is 0 Å². The number of fused-ring (bicyclic) bond motifs is 8. The molecule has 0 fully saturated rings. The van der Waals surface area contributed by atoms with Gasteiger partial charge in [-0.05, 0) is 95.1 Å². The van der Waals surface area contributed by atoms with E-state index in [2.05, 4.69) is 204 Å². The van der Waals surface area contributed by atoms with Crippen LogP contribution < -0.4 is 19.8 Å². The fourth-order valence-corrected chi connectivity index (χ4v) is 8.44. The third kappa shape index (κ3) is 7.50. The fourth-order valence-electron chi connectivity index (χ4n) is 8.44. The van der Waals surface area contributed by atoms with Crippen LogP contribution in [0.1, 0.15) is 22.8 Å². The van der Waals surface area contributed by atoms with Gasteiger partial charge < -0.3 is 19.8 Å². The Morgan fingerprint density at radius 3 is 0.873 bits per heavy atom. The maximum Gasteiger partial charge on any atom is 2.00 e. The van der Waals surface area contributed by atoms with Crippen molar-refractivity contribution in [3.63, 3.8) is 0 Å². The third-order valence-corrected chi connectivity index (χ3v) is 11.2.